The van der Waals surface area contributed by atoms with Gasteiger partial charge in [0, 0.05) is 48.4 Å². The predicted octanol–water partition coefficient (Wildman–Crippen LogP) is 4.44. The molecule has 0 saturated carbocycles. The molecule has 4 rings (SSSR count). The number of aromatic hydroxyl groups is 1. The zero-order chi connectivity index (χ0) is 26.2. The van der Waals surface area contributed by atoms with Crippen LogP contribution in [0.1, 0.15) is 21.6 Å². The summed E-state index contributed by atoms with van der Waals surface area (Å²) in [5, 5.41) is 15.3. The Morgan fingerprint density at radius 1 is 1.08 bits per heavy atom. The van der Waals surface area contributed by atoms with Crippen molar-refractivity contribution in [1.82, 2.24) is 15.3 Å². The van der Waals surface area contributed by atoms with E-state index in [0.717, 1.165) is 22.0 Å². The molecule has 0 atom stereocenters. The number of hydrogen-bond donors (Lipinski definition) is 2. The first-order valence-corrected chi connectivity index (χ1v) is 11.9. The van der Waals surface area contributed by atoms with Gasteiger partial charge in [-0.2, -0.15) is 5.10 Å². The van der Waals surface area contributed by atoms with Crippen molar-refractivity contribution in [2.45, 2.75) is 6.42 Å². The van der Waals surface area contributed by atoms with Crippen LogP contribution in [0.4, 0.5) is 0 Å². The molecule has 0 saturated heterocycles. The topological polar surface area (TPSA) is 104 Å². The minimum absolute atomic E-state index is 0.0797. The lowest BCUT2D eigenvalue weighted by atomic mass is 10.0. The molecule has 188 valence electrons. The van der Waals surface area contributed by atoms with Crippen LogP contribution in [-0.2, 0) is 11.2 Å². The fraction of sp³-hybridized carbons (Fsp3) is 0.143. The molecule has 0 aliphatic heterocycles. The average molecular weight is 517 g/mol. The van der Waals surface area contributed by atoms with Gasteiger partial charge in [-0.05, 0) is 47.9 Å². The first kappa shape index (κ1) is 25.7. The van der Waals surface area contributed by atoms with Gasteiger partial charge in [0.15, 0.2) is 6.61 Å². The molecule has 0 spiro atoms. The Labute approximate surface area is 219 Å². The molecule has 0 fully saturated rings. The Balaban J connectivity index is 1.39. The van der Waals surface area contributed by atoms with Gasteiger partial charge in [-0.15, -0.1) is 0 Å². The molecule has 4 aromatic rings. The van der Waals surface area contributed by atoms with Gasteiger partial charge in [0.05, 0.1) is 11.2 Å². The molecule has 0 bridgehead atoms. The summed E-state index contributed by atoms with van der Waals surface area (Å²) < 4.78 is 5.88. The summed E-state index contributed by atoms with van der Waals surface area (Å²) in [6, 6.07) is 21.0. The van der Waals surface area contributed by atoms with E-state index in [1.807, 2.05) is 42.5 Å². The highest BCUT2D eigenvalue weighted by Gasteiger charge is 2.13. The van der Waals surface area contributed by atoms with E-state index in [9.17, 15) is 14.7 Å². The smallest absolute Gasteiger partial charge is 0.271 e. The molecular weight excluding hydrogens is 492 g/mol. The molecule has 0 unspecified atom stereocenters. The van der Waals surface area contributed by atoms with Crippen molar-refractivity contribution in [3.05, 3.63) is 101 Å². The number of nitrogens with one attached hydrogen (secondary N) is 1. The SMILES string of the molecule is CN(CCc1ccccn1)C(=O)COc1ccc(C=NNC(=O)c2ccc(O)c(Cl)c2)c2ccccc12. The van der Waals surface area contributed by atoms with Gasteiger partial charge in [0.1, 0.15) is 11.5 Å². The highest BCUT2D eigenvalue weighted by atomic mass is 35.5. The third kappa shape index (κ3) is 6.62. The number of carbonyl (C=O) groups is 2. The van der Waals surface area contributed by atoms with Gasteiger partial charge >= 0.3 is 0 Å². The largest absolute Gasteiger partial charge is 0.506 e. The van der Waals surface area contributed by atoms with Crippen molar-refractivity contribution < 1.29 is 19.4 Å². The Morgan fingerprint density at radius 3 is 2.62 bits per heavy atom. The zero-order valence-electron chi connectivity index (χ0n) is 20.1. The van der Waals surface area contributed by atoms with Gasteiger partial charge in [-0.1, -0.05) is 41.9 Å². The molecule has 1 heterocycles. The Hall–Kier alpha value is -4.43. The van der Waals surface area contributed by atoms with Gasteiger partial charge in [0.2, 0.25) is 0 Å². The minimum atomic E-state index is -0.465. The number of hydrogen-bond acceptors (Lipinski definition) is 6. The van der Waals surface area contributed by atoms with E-state index in [4.69, 9.17) is 16.3 Å². The van der Waals surface area contributed by atoms with E-state index in [1.165, 1.54) is 24.4 Å². The van der Waals surface area contributed by atoms with Crippen LogP contribution in [0.5, 0.6) is 11.5 Å². The minimum Gasteiger partial charge on any atom is -0.506 e. The lowest BCUT2D eigenvalue weighted by molar-refractivity contribution is -0.132. The summed E-state index contributed by atoms with van der Waals surface area (Å²) in [5.74, 6) is -0.133. The molecule has 1 aromatic heterocycles. The molecule has 0 aliphatic carbocycles. The van der Waals surface area contributed by atoms with Crippen molar-refractivity contribution in [1.29, 1.82) is 0 Å². The van der Waals surface area contributed by atoms with E-state index in [2.05, 4.69) is 15.5 Å². The number of amides is 2. The zero-order valence-corrected chi connectivity index (χ0v) is 20.9. The van der Waals surface area contributed by atoms with E-state index in [1.54, 1.807) is 30.3 Å². The van der Waals surface area contributed by atoms with Crippen LogP contribution in [0.15, 0.2) is 84.1 Å². The van der Waals surface area contributed by atoms with Gasteiger partial charge in [0.25, 0.3) is 11.8 Å². The summed E-state index contributed by atoms with van der Waals surface area (Å²) in [4.78, 5) is 30.8. The number of fused-ring (bicyclic) bond motifs is 1. The molecule has 37 heavy (non-hydrogen) atoms. The van der Waals surface area contributed by atoms with E-state index in [0.29, 0.717) is 18.7 Å². The third-order valence-electron chi connectivity index (χ3n) is 5.70. The maximum Gasteiger partial charge on any atom is 0.271 e. The first-order chi connectivity index (χ1) is 17.9. The van der Waals surface area contributed by atoms with Crippen molar-refractivity contribution >= 4 is 40.4 Å². The summed E-state index contributed by atoms with van der Waals surface area (Å²) in [6.45, 7) is 0.443. The van der Waals surface area contributed by atoms with Gasteiger partial charge < -0.3 is 14.7 Å². The van der Waals surface area contributed by atoms with Crippen LogP contribution >= 0.6 is 11.6 Å². The molecule has 0 radical (unpaired) electrons. The monoisotopic (exact) mass is 516 g/mol. The summed E-state index contributed by atoms with van der Waals surface area (Å²) in [7, 11) is 1.74. The van der Waals surface area contributed by atoms with E-state index < -0.39 is 5.91 Å². The normalized spacial score (nSPS) is 11.0. The van der Waals surface area contributed by atoms with Crippen LogP contribution in [-0.4, -0.2) is 53.2 Å². The molecule has 2 amide bonds. The number of likely N-dealkylation sites (N-methyl/N-ethyl adjacent to an activating group) is 1. The second-order valence-corrected chi connectivity index (χ2v) is 8.65. The fourth-order valence-corrected chi connectivity index (χ4v) is 3.79. The van der Waals surface area contributed by atoms with Crippen molar-refractivity contribution in [2.24, 2.45) is 5.10 Å². The average Bonchev–Trinajstić information content (AvgIpc) is 2.92. The fourth-order valence-electron chi connectivity index (χ4n) is 3.61. The Kier molecular flexibility index (Phi) is 8.33. The highest BCUT2D eigenvalue weighted by molar-refractivity contribution is 6.32. The van der Waals surface area contributed by atoms with Crippen LogP contribution in [0, 0.1) is 0 Å². The van der Waals surface area contributed by atoms with Gasteiger partial charge in [-0.25, -0.2) is 5.43 Å². The van der Waals surface area contributed by atoms with Crippen LogP contribution in [0.2, 0.25) is 5.02 Å². The number of aromatic nitrogens is 1. The second kappa shape index (κ2) is 12.0. The maximum atomic E-state index is 12.6. The number of pyridine rings is 1. The number of nitrogens with zero attached hydrogens (tertiary/aromatic N) is 3. The number of ether oxygens (including phenoxy) is 1. The van der Waals surface area contributed by atoms with Crippen molar-refractivity contribution in [2.75, 3.05) is 20.2 Å². The number of halogens is 1. The van der Waals surface area contributed by atoms with E-state index >= 15 is 0 Å². The standard InChI is InChI=1S/C28H25ClN4O4/c1-33(15-13-21-6-4-5-14-30-21)27(35)18-37-26-12-10-20(22-7-2-3-8-23(22)26)17-31-32-28(36)19-9-11-25(34)24(29)16-19/h2-12,14,16-17,34H,13,15,18H2,1H3,(H,32,36). The number of benzene rings is 3. The van der Waals surface area contributed by atoms with Crippen molar-refractivity contribution in [3.63, 3.8) is 0 Å². The van der Waals surface area contributed by atoms with Crippen LogP contribution in [0.25, 0.3) is 10.8 Å². The van der Waals surface area contributed by atoms with E-state index in [-0.39, 0.29) is 28.8 Å². The predicted molar refractivity (Wildman–Crippen MR) is 143 cm³/mol. The highest BCUT2D eigenvalue weighted by Crippen LogP contribution is 2.28. The van der Waals surface area contributed by atoms with Crippen LogP contribution < -0.4 is 10.2 Å². The number of carbonyl (C=O) groups excluding carboxylic acids is 2. The molecule has 0 aliphatic rings. The van der Waals surface area contributed by atoms with Crippen LogP contribution in [0.3, 0.4) is 0 Å². The molecular formula is C28H25ClN4O4. The molecule has 3 aromatic carbocycles. The lowest BCUT2D eigenvalue weighted by Gasteiger charge is -2.18. The number of phenolic OH excluding ortho intramolecular Hbond substituents is 1. The maximum absolute atomic E-state index is 12.6. The molecule has 9 heteroatoms. The number of hydrazone groups is 1. The number of rotatable bonds is 9. The summed E-state index contributed by atoms with van der Waals surface area (Å²) in [6.07, 6.45) is 3.93. The first-order valence-electron chi connectivity index (χ1n) is 11.5. The quantitative estimate of drug-likeness (QED) is 0.253. The lowest BCUT2D eigenvalue weighted by Crippen LogP contribution is -2.33. The molecule has 8 nitrogen and oxygen atoms in total. The van der Waals surface area contributed by atoms with Crippen molar-refractivity contribution in [3.8, 4) is 11.5 Å². The number of phenols is 1. The third-order valence-corrected chi connectivity index (χ3v) is 6.01. The second-order valence-electron chi connectivity index (χ2n) is 8.24. The summed E-state index contributed by atoms with van der Waals surface area (Å²) >= 11 is 5.86. The van der Waals surface area contributed by atoms with Gasteiger partial charge in [-0.3, -0.25) is 14.6 Å². The Bertz CT molecular complexity index is 1440. The summed E-state index contributed by atoms with van der Waals surface area (Å²) in [5.41, 5.74) is 4.40. The molecule has 2 N–H and O–H groups in total. The Morgan fingerprint density at radius 2 is 1.86 bits per heavy atom.